The standard InChI is InChI=1S/C26H30N8O/c1-17(33-13-10-18(27-2)11-14-33)6-9-23(28-3)32-21-8-7-19(20-15-30-26(35)25(20)21)22-16-29-24-5-4-12-31-34(22)24/h4-9,12,16,18,27,32H,3,10-11,13-15H2,1-2H3,(H,30,35)/b17-6+,23-9+. The van der Waals surface area contributed by atoms with Gasteiger partial charge in [-0.15, -0.1) is 0 Å². The number of carbonyl (C=O) groups excluding carboxylic acids is 1. The fraction of sp³-hybridized carbons (Fsp3) is 0.308. The summed E-state index contributed by atoms with van der Waals surface area (Å²) in [5, 5.41) is 14.0. The van der Waals surface area contributed by atoms with E-state index in [0.29, 0.717) is 29.7 Å². The van der Waals surface area contributed by atoms with E-state index in [9.17, 15) is 4.79 Å². The number of nitrogens with one attached hydrogen (secondary N) is 3. The van der Waals surface area contributed by atoms with E-state index in [4.69, 9.17) is 0 Å². The Kier molecular flexibility index (Phi) is 6.33. The van der Waals surface area contributed by atoms with Crippen molar-refractivity contribution in [1.29, 1.82) is 0 Å². The van der Waals surface area contributed by atoms with E-state index in [2.05, 4.69) is 55.6 Å². The highest BCUT2D eigenvalue weighted by molar-refractivity contribution is 6.05. The van der Waals surface area contributed by atoms with Crippen LogP contribution in [-0.4, -0.2) is 58.3 Å². The van der Waals surface area contributed by atoms with E-state index in [0.717, 1.165) is 48.4 Å². The van der Waals surface area contributed by atoms with Crippen molar-refractivity contribution < 1.29 is 4.79 Å². The van der Waals surface area contributed by atoms with Crippen molar-refractivity contribution in [3.05, 3.63) is 71.5 Å². The minimum atomic E-state index is -0.117. The number of imidazole rings is 1. The highest BCUT2D eigenvalue weighted by Crippen LogP contribution is 2.34. The lowest BCUT2D eigenvalue weighted by Gasteiger charge is -2.33. The van der Waals surface area contributed by atoms with Crippen molar-refractivity contribution in [3.8, 4) is 11.3 Å². The molecule has 2 aliphatic heterocycles. The van der Waals surface area contributed by atoms with Gasteiger partial charge in [-0.25, -0.2) is 14.5 Å². The first-order valence-corrected chi connectivity index (χ1v) is 11.9. The number of fused-ring (bicyclic) bond motifs is 2. The lowest BCUT2D eigenvalue weighted by molar-refractivity contribution is 0.0966. The van der Waals surface area contributed by atoms with E-state index < -0.39 is 0 Å². The summed E-state index contributed by atoms with van der Waals surface area (Å²) in [6.07, 6.45) is 9.74. The Morgan fingerprint density at radius 2 is 2.09 bits per heavy atom. The summed E-state index contributed by atoms with van der Waals surface area (Å²) in [5.41, 5.74) is 5.92. The smallest absolute Gasteiger partial charge is 0.254 e. The van der Waals surface area contributed by atoms with Gasteiger partial charge in [0.15, 0.2) is 5.65 Å². The number of rotatable bonds is 7. The number of hydrogen-bond acceptors (Lipinski definition) is 7. The summed E-state index contributed by atoms with van der Waals surface area (Å²) < 4.78 is 1.79. The zero-order valence-electron chi connectivity index (χ0n) is 20.1. The molecule has 3 aromatic rings. The molecule has 0 unspecified atom stereocenters. The Balaban J connectivity index is 1.42. The average molecular weight is 471 g/mol. The number of hydrogen-bond donors (Lipinski definition) is 3. The molecule has 0 spiro atoms. The molecule has 1 amide bonds. The van der Waals surface area contributed by atoms with Crippen molar-refractivity contribution in [1.82, 2.24) is 30.1 Å². The lowest BCUT2D eigenvalue weighted by atomic mass is 9.99. The third-order valence-corrected chi connectivity index (χ3v) is 6.84. The Bertz CT molecular complexity index is 1330. The molecule has 35 heavy (non-hydrogen) atoms. The van der Waals surface area contributed by atoms with Crippen LogP contribution >= 0.6 is 0 Å². The molecule has 2 aliphatic rings. The largest absolute Gasteiger partial charge is 0.375 e. The first kappa shape index (κ1) is 22.8. The van der Waals surface area contributed by atoms with Gasteiger partial charge in [-0.2, -0.15) is 5.10 Å². The predicted molar refractivity (Wildman–Crippen MR) is 138 cm³/mol. The summed E-state index contributed by atoms with van der Waals surface area (Å²) in [5.74, 6) is 0.467. The third kappa shape index (κ3) is 4.42. The van der Waals surface area contributed by atoms with Gasteiger partial charge in [-0.1, -0.05) is 6.07 Å². The van der Waals surface area contributed by atoms with Gasteiger partial charge in [0.25, 0.3) is 5.91 Å². The normalized spacial score (nSPS) is 17.0. The number of anilines is 1. The number of piperidine rings is 1. The highest BCUT2D eigenvalue weighted by Gasteiger charge is 2.27. The zero-order chi connectivity index (χ0) is 24.4. The minimum Gasteiger partial charge on any atom is -0.375 e. The van der Waals surface area contributed by atoms with E-state index >= 15 is 0 Å². The second-order valence-corrected chi connectivity index (χ2v) is 8.83. The molecule has 0 aliphatic carbocycles. The number of amides is 1. The molecule has 0 atom stereocenters. The summed E-state index contributed by atoms with van der Waals surface area (Å²) in [7, 11) is 2.03. The highest BCUT2D eigenvalue weighted by atomic mass is 16.1. The molecular formula is C26H30N8O. The van der Waals surface area contributed by atoms with Crippen LogP contribution < -0.4 is 16.0 Å². The van der Waals surface area contributed by atoms with Crippen LogP contribution in [0.15, 0.2) is 65.3 Å². The maximum Gasteiger partial charge on any atom is 0.254 e. The molecule has 9 heteroatoms. The van der Waals surface area contributed by atoms with Crippen LogP contribution in [-0.2, 0) is 6.54 Å². The molecule has 0 saturated carbocycles. The van der Waals surface area contributed by atoms with Crippen LogP contribution in [0.3, 0.4) is 0 Å². The van der Waals surface area contributed by atoms with Crippen LogP contribution in [0, 0.1) is 0 Å². The van der Waals surface area contributed by atoms with Gasteiger partial charge in [0.2, 0.25) is 0 Å². The minimum absolute atomic E-state index is 0.117. The van der Waals surface area contributed by atoms with E-state index in [1.165, 1.54) is 5.70 Å². The topological polar surface area (TPSA) is 98.9 Å². The fourth-order valence-corrected chi connectivity index (χ4v) is 4.80. The van der Waals surface area contributed by atoms with Gasteiger partial charge in [0.1, 0.15) is 5.82 Å². The molecule has 2 aromatic heterocycles. The Morgan fingerprint density at radius 3 is 2.86 bits per heavy atom. The molecule has 1 aromatic carbocycles. The number of carbonyl (C=O) groups is 1. The quantitative estimate of drug-likeness (QED) is 0.362. The number of nitrogens with zero attached hydrogens (tertiary/aromatic N) is 5. The fourth-order valence-electron chi connectivity index (χ4n) is 4.80. The summed E-state index contributed by atoms with van der Waals surface area (Å²) in [6.45, 7) is 8.33. The summed E-state index contributed by atoms with van der Waals surface area (Å²) in [4.78, 5) is 23.8. The van der Waals surface area contributed by atoms with Crippen LogP contribution in [0.4, 0.5) is 5.69 Å². The van der Waals surface area contributed by atoms with Gasteiger partial charge < -0.3 is 20.9 Å². The van der Waals surface area contributed by atoms with Crippen molar-refractivity contribution >= 4 is 24.0 Å². The first-order valence-electron chi connectivity index (χ1n) is 11.9. The molecule has 0 radical (unpaired) electrons. The Hall–Kier alpha value is -3.98. The van der Waals surface area contributed by atoms with Gasteiger partial charge in [-0.3, -0.25) is 4.79 Å². The van der Waals surface area contributed by atoms with Gasteiger partial charge in [0, 0.05) is 43.1 Å². The van der Waals surface area contributed by atoms with Gasteiger partial charge in [-0.05, 0) is 69.4 Å². The molecule has 0 bridgehead atoms. The molecule has 1 saturated heterocycles. The van der Waals surface area contributed by atoms with Gasteiger partial charge in [0.05, 0.1) is 23.1 Å². The molecule has 5 rings (SSSR count). The van der Waals surface area contributed by atoms with Crippen LogP contribution in [0.5, 0.6) is 0 Å². The zero-order valence-corrected chi connectivity index (χ0v) is 20.1. The molecule has 4 heterocycles. The number of aliphatic imine (C=N–C) groups is 1. The predicted octanol–water partition coefficient (Wildman–Crippen LogP) is 3.18. The van der Waals surface area contributed by atoms with Crippen LogP contribution in [0.25, 0.3) is 16.9 Å². The molecule has 3 N–H and O–H groups in total. The van der Waals surface area contributed by atoms with Gasteiger partial charge >= 0.3 is 0 Å². The van der Waals surface area contributed by atoms with Crippen LogP contribution in [0.2, 0.25) is 0 Å². The van der Waals surface area contributed by atoms with E-state index in [1.54, 1.807) is 16.9 Å². The second kappa shape index (κ2) is 9.71. The third-order valence-electron chi connectivity index (χ3n) is 6.84. The number of benzene rings is 1. The lowest BCUT2D eigenvalue weighted by Crippen LogP contribution is -2.40. The van der Waals surface area contributed by atoms with Crippen molar-refractivity contribution in [2.45, 2.75) is 32.4 Å². The molecule has 180 valence electrons. The molecule has 9 nitrogen and oxygen atoms in total. The van der Waals surface area contributed by atoms with E-state index in [-0.39, 0.29) is 5.91 Å². The monoisotopic (exact) mass is 470 g/mol. The molecule has 1 fully saturated rings. The average Bonchev–Trinajstić information content (AvgIpc) is 3.51. The summed E-state index contributed by atoms with van der Waals surface area (Å²) in [6, 6.07) is 8.24. The SMILES string of the molecule is C=N/C(=C\C=C(/C)N1CCC(NC)CC1)Nc1ccc(-c2cnc3cccnn23)c2c1C(=O)NC2. The summed E-state index contributed by atoms with van der Waals surface area (Å²) >= 11 is 0. The van der Waals surface area contributed by atoms with Crippen molar-refractivity contribution in [2.75, 3.05) is 25.5 Å². The number of likely N-dealkylation sites (tertiary alicyclic amines) is 1. The Morgan fingerprint density at radius 1 is 1.26 bits per heavy atom. The van der Waals surface area contributed by atoms with Crippen molar-refractivity contribution in [3.63, 3.8) is 0 Å². The Labute approximate surface area is 204 Å². The van der Waals surface area contributed by atoms with Crippen LogP contribution in [0.1, 0.15) is 35.7 Å². The number of allylic oxidation sites excluding steroid dienone is 3. The first-order chi connectivity index (χ1) is 17.1. The maximum absolute atomic E-state index is 12.8. The second-order valence-electron chi connectivity index (χ2n) is 8.83. The number of aromatic nitrogens is 3. The van der Waals surface area contributed by atoms with E-state index in [1.807, 2.05) is 37.4 Å². The molecular weight excluding hydrogens is 440 g/mol. The van der Waals surface area contributed by atoms with Crippen molar-refractivity contribution in [2.24, 2.45) is 4.99 Å². The maximum atomic E-state index is 12.8.